The SMILES string of the molecule is CC(=O)NNc1nnc2c(C)nn(-c3ccccc3)c2n1. The van der Waals surface area contributed by atoms with E-state index in [1.54, 1.807) is 4.68 Å². The molecule has 0 fully saturated rings. The number of aromatic nitrogens is 5. The molecule has 0 bridgehead atoms. The van der Waals surface area contributed by atoms with Crippen LogP contribution >= 0.6 is 0 Å². The Hall–Kier alpha value is -3.03. The van der Waals surface area contributed by atoms with Crippen LogP contribution in [0.5, 0.6) is 0 Å². The zero-order valence-corrected chi connectivity index (χ0v) is 11.5. The molecule has 106 valence electrons. The second-order valence-corrected chi connectivity index (χ2v) is 4.45. The standard InChI is InChI=1S/C13H13N7O/c1-8-11-12(14-13(18-16-11)17-15-9(2)21)20(19-8)10-6-4-3-5-7-10/h3-7H,1-2H3,(H,15,21)(H,14,17,18). The van der Waals surface area contributed by atoms with Crippen LogP contribution in [-0.4, -0.2) is 30.9 Å². The van der Waals surface area contributed by atoms with E-state index in [-0.39, 0.29) is 11.9 Å². The molecule has 0 aliphatic carbocycles. The summed E-state index contributed by atoms with van der Waals surface area (Å²) < 4.78 is 1.69. The molecule has 8 heteroatoms. The number of benzene rings is 1. The van der Waals surface area contributed by atoms with E-state index in [9.17, 15) is 4.79 Å². The molecule has 0 saturated carbocycles. The minimum Gasteiger partial charge on any atom is -0.274 e. The molecule has 21 heavy (non-hydrogen) atoms. The normalized spacial score (nSPS) is 10.6. The number of nitrogens with one attached hydrogen (secondary N) is 2. The van der Waals surface area contributed by atoms with Gasteiger partial charge in [-0.15, -0.1) is 10.2 Å². The summed E-state index contributed by atoms with van der Waals surface area (Å²) in [5.41, 5.74) is 7.81. The van der Waals surface area contributed by atoms with Gasteiger partial charge in [-0.2, -0.15) is 10.1 Å². The van der Waals surface area contributed by atoms with E-state index in [1.165, 1.54) is 6.92 Å². The molecule has 2 aromatic heterocycles. The van der Waals surface area contributed by atoms with Gasteiger partial charge < -0.3 is 0 Å². The maximum atomic E-state index is 10.9. The number of nitrogens with zero attached hydrogens (tertiary/aromatic N) is 5. The van der Waals surface area contributed by atoms with Crippen LogP contribution in [0.25, 0.3) is 16.9 Å². The van der Waals surface area contributed by atoms with Crippen molar-refractivity contribution in [3.05, 3.63) is 36.0 Å². The van der Waals surface area contributed by atoms with Crippen molar-refractivity contribution in [1.29, 1.82) is 0 Å². The van der Waals surface area contributed by atoms with E-state index in [0.29, 0.717) is 11.2 Å². The van der Waals surface area contributed by atoms with E-state index in [4.69, 9.17) is 0 Å². The van der Waals surface area contributed by atoms with Gasteiger partial charge in [0.2, 0.25) is 5.91 Å². The summed E-state index contributed by atoms with van der Waals surface area (Å²) >= 11 is 0. The number of para-hydroxylation sites is 1. The molecule has 2 heterocycles. The smallest absolute Gasteiger partial charge is 0.263 e. The molecular weight excluding hydrogens is 270 g/mol. The maximum Gasteiger partial charge on any atom is 0.263 e. The second kappa shape index (κ2) is 5.16. The quantitative estimate of drug-likeness (QED) is 0.695. The molecule has 0 unspecified atom stereocenters. The highest BCUT2D eigenvalue weighted by atomic mass is 16.2. The van der Waals surface area contributed by atoms with Gasteiger partial charge in [-0.3, -0.25) is 15.6 Å². The van der Waals surface area contributed by atoms with Crippen molar-refractivity contribution in [2.45, 2.75) is 13.8 Å². The summed E-state index contributed by atoms with van der Waals surface area (Å²) in [6.45, 7) is 3.23. The van der Waals surface area contributed by atoms with Crippen molar-refractivity contribution in [2.24, 2.45) is 0 Å². The van der Waals surface area contributed by atoms with Gasteiger partial charge >= 0.3 is 0 Å². The molecule has 0 aliphatic rings. The number of hydrogen-bond acceptors (Lipinski definition) is 6. The van der Waals surface area contributed by atoms with E-state index in [1.807, 2.05) is 37.3 Å². The van der Waals surface area contributed by atoms with Crippen molar-refractivity contribution in [3.63, 3.8) is 0 Å². The fourth-order valence-corrected chi connectivity index (χ4v) is 1.89. The molecule has 8 nitrogen and oxygen atoms in total. The van der Waals surface area contributed by atoms with Crippen LogP contribution in [-0.2, 0) is 4.79 Å². The van der Waals surface area contributed by atoms with E-state index >= 15 is 0 Å². The Morgan fingerprint density at radius 3 is 2.67 bits per heavy atom. The number of hydrogen-bond donors (Lipinski definition) is 2. The van der Waals surface area contributed by atoms with Crippen LogP contribution in [0.4, 0.5) is 5.95 Å². The second-order valence-electron chi connectivity index (χ2n) is 4.45. The average Bonchev–Trinajstić information content (AvgIpc) is 2.83. The van der Waals surface area contributed by atoms with Crippen molar-refractivity contribution in [2.75, 3.05) is 5.43 Å². The highest BCUT2D eigenvalue weighted by Crippen LogP contribution is 2.18. The first kappa shape index (κ1) is 13.0. The highest BCUT2D eigenvalue weighted by Gasteiger charge is 2.13. The zero-order valence-electron chi connectivity index (χ0n) is 11.5. The molecule has 0 aliphatic heterocycles. The van der Waals surface area contributed by atoms with Crippen molar-refractivity contribution < 1.29 is 4.79 Å². The number of carbonyl (C=O) groups excluding carboxylic acids is 1. The lowest BCUT2D eigenvalue weighted by Gasteiger charge is -2.05. The molecule has 0 saturated heterocycles. The first-order valence-corrected chi connectivity index (χ1v) is 6.33. The minimum absolute atomic E-state index is 0.204. The van der Waals surface area contributed by atoms with Crippen LogP contribution in [0.3, 0.4) is 0 Å². The van der Waals surface area contributed by atoms with Gasteiger partial charge in [0, 0.05) is 6.92 Å². The number of hydrazine groups is 1. The number of fused-ring (bicyclic) bond motifs is 1. The number of aryl methyl sites for hydroxylation is 1. The summed E-state index contributed by atoms with van der Waals surface area (Å²) in [6, 6.07) is 9.62. The molecule has 0 atom stereocenters. The molecule has 3 rings (SSSR count). The Morgan fingerprint density at radius 2 is 1.95 bits per heavy atom. The number of amides is 1. The maximum absolute atomic E-state index is 10.9. The first-order chi connectivity index (χ1) is 10.1. The Balaban J connectivity index is 2.08. The van der Waals surface area contributed by atoms with Gasteiger partial charge in [0.15, 0.2) is 11.2 Å². The van der Waals surface area contributed by atoms with Gasteiger partial charge in [-0.25, -0.2) is 4.68 Å². The largest absolute Gasteiger partial charge is 0.274 e. The van der Waals surface area contributed by atoms with Crippen LogP contribution in [0.2, 0.25) is 0 Å². The molecule has 3 aromatic rings. The van der Waals surface area contributed by atoms with Gasteiger partial charge in [0.05, 0.1) is 11.4 Å². The van der Waals surface area contributed by atoms with Crippen molar-refractivity contribution in [1.82, 2.24) is 30.4 Å². The van der Waals surface area contributed by atoms with E-state index in [0.717, 1.165) is 11.4 Å². The van der Waals surface area contributed by atoms with Gasteiger partial charge in [0.1, 0.15) is 0 Å². The lowest BCUT2D eigenvalue weighted by molar-refractivity contribution is -0.118. The number of anilines is 1. The molecule has 1 amide bonds. The minimum atomic E-state index is -0.244. The van der Waals surface area contributed by atoms with E-state index in [2.05, 4.69) is 31.1 Å². The topological polar surface area (TPSA) is 97.6 Å². The summed E-state index contributed by atoms with van der Waals surface area (Å²) in [5.74, 6) is -0.0405. The fourth-order valence-electron chi connectivity index (χ4n) is 1.89. The Bertz CT molecular complexity index is 797. The molecule has 1 aromatic carbocycles. The third-order valence-electron chi connectivity index (χ3n) is 2.81. The lowest BCUT2D eigenvalue weighted by Crippen LogP contribution is -2.27. The Morgan fingerprint density at radius 1 is 1.19 bits per heavy atom. The lowest BCUT2D eigenvalue weighted by atomic mass is 10.3. The number of rotatable bonds is 3. The van der Waals surface area contributed by atoms with Crippen molar-refractivity contribution >= 4 is 23.0 Å². The zero-order chi connectivity index (χ0) is 14.8. The van der Waals surface area contributed by atoms with Crippen molar-refractivity contribution in [3.8, 4) is 5.69 Å². The molecular formula is C13H13N7O. The highest BCUT2D eigenvalue weighted by molar-refractivity contribution is 5.76. The van der Waals surface area contributed by atoms with Crippen LogP contribution in [0.1, 0.15) is 12.6 Å². The molecule has 2 N–H and O–H groups in total. The van der Waals surface area contributed by atoms with Crippen LogP contribution < -0.4 is 10.9 Å². The van der Waals surface area contributed by atoms with Crippen LogP contribution in [0.15, 0.2) is 30.3 Å². The molecule has 0 radical (unpaired) electrons. The van der Waals surface area contributed by atoms with Crippen LogP contribution in [0, 0.1) is 6.92 Å². The first-order valence-electron chi connectivity index (χ1n) is 6.33. The predicted molar refractivity (Wildman–Crippen MR) is 76.6 cm³/mol. The summed E-state index contributed by atoms with van der Waals surface area (Å²) in [6.07, 6.45) is 0. The third kappa shape index (κ3) is 2.50. The van der Waals surface area contributed by atoms with Gasteiger partial charge in [-0.05, 0) is 19.1 Å². The monoisotopic (exact) mass is 283 g/mol. The summed E-state index contributed by atoms with van der Waals surface area (Å²) in [4.78, 5) is 15.3. The Kier molecular flexibility index (Phi) is 3.19. The predicted octanol–water partition coefficient (Wildman–Crippen LogP) is 0.982. The summed E-state index contributed by atoms with van der Waals surface area (Å²) in [7, 11) is 0. The fraction of sp³-hybridized carbons (Fsp3) is 0.154. The number of carbonyl (C=O) groups is 1. The Labute approximate surface area is 120 Å². The van der Waals surface area contributed by atoms with Gasteiger partial charge in [0.25, 0.3) is 5.95 Å². The average molecular weight is 283 g/mol. The van der Waals surface area contributed by atoms with Gasteiger partial charge in [-0.1, -0.05) is 18.2 Å². The molecule has 0 spiro atoms. The third-order valence-corrected chi connectivity index (χ3v) is 2.81. The summed E-state index contributed by atoms with van der Waals surface area (Å²) in [5, 5.41) is 12.4. The van der Waals surface area contributed by atoms with E-state index < -0.39 is 0 Å².